The molecule has 0 aliphatic carbocycles. The monoisotopic (exact) mass is 392 g/mol. The zero-order chi connectivity index (χ0) is 20.5. The summed E-state index contributed by atoms with van der Waals surface area (Å²) in [7, 11) is 0. The van der Waals surface area contributed by atoms with E-state index in [1.807, 2.05) is 19.1 Å². The van der Waals surface area contributed by atoms with Crippen LogP contribution in [0.25, 0.3) is 11.2 Å². The summed E-state index contributed by atoms with van der Waals surface area (Å²) < 4.78 is 12.9. The van der Waals surface area contributed by atoms with E-state index in [-0.39, 0.29) is 23.6 Å². The normalized spacial score (nSPS) is 11.0. The molecule has 8 heteroatoms. The summed E-state index contributed by atoms with van der Waals surface area (Å²) in [5, 5.41) is 2.46. The predicted molar refractivity (Wildman–Crippen MR) is 102 cm³/mol. The molecule has 0 amide bonds. The molecule has 0 fully saturated rings. The third kappa shape index (κ3) is 3.04. The summed E-state index contributed by atoms with van der Waals surface area (Å²) in [5.41, 5.74) is 1.23. The highest BCUT2D eigenvalue weighted by Crippen LogP contribution is 2.22. The lowest BCUT2D eigenvalue weighted by Crippen LogP contribution is -2.41. The van der Waals surface area contributed by atoms with Crippen LogP contribution in [-0.2, 0) is 4.74 Å². The van der Waals surface area contributed by atoms with Crippen molar-refractivity contribution in [2.75, 3.05) is 6.61 Å². The molecular weight excluding hydrogens is 374 g/mol. The Kier molecular flexibility index (Phi) is 4.59. The number of aryl methyl sites for hydroxylation is 1. The van der Waals surface area contributed by atoms with E-state index in [1.54, 1.807) is 47.7 Å². The van der Waals surface area contributed by atoms with Gasteiger partial charge in [0.05, 0.1) is 17.7 Å². The van der Waals surface area contributed by atoms with E-state index in [0.717, 1.165) is 5.69 Å². The van der Waals surface area contributed by atoms with Crippen LogP contribution < -0.4 is 10.3 Å². The number of ether oxygens (including phenoxy) is 1. The van der Waals surface area contributed by atoms with Crippen molar-refractivity contribution in [2.45, 2.75) is 13.8 Å². The molecule has 0 aliphatic heterocycles. The van der Waals surface area contributed by atoms with Crippen LogP contribution in [0.4, 0.5) is 0 Å². The molecule has 0 saturated carbocycles. The first-order chi connectivity index (χ1) is 14.0. The Balaban J connectivity index is 1.93. The zero-order valence-corrected chi connectivity index (χ0v) is 15.8. The highest BCUT2D eigenvalue weighted by molar-refractivity contribution is 6.09. The first-order valence-corrected chi connectivity index (χ1v) is 9.04. The molecule has 0 aliphatic rings. The average molecular weight is 392 g/mol. The molecule has 4 rings (SSSR count). The average Bonchev–Trinajstić information content (AvgIpc) is 3.30. The molecule has 0 unspecified atom stereocenters. The van der Waals surface area contributed by atoms with Gasteiger partial charge in [0.15, 0.2) is 0 Å². The number of H-pyrrole nitrogens is 1. The van der Waals surface area contributed by atoms with Gasteiger partial charge in [0.2, 0.25) is 5.69 Å². The molecule has 3 heterocycles. The molecular formula is C21H18N3O5+. The maximum atomic E-state index is 13.4. The van der Waals surface area contributed by atoms with Crippen LogP contribution in [0.3, 0.4) is 0 Å². The van der Waals surface area contributed by atoms with Crippen LogP contribution in [0.2, 0.25) is 0 Å². The molecule has 146 valence electrons. The quantitative estimate of drug-likeness (QED) is 0.319. The molecule has 4 aromatic rings. The number of ketones is 1. The van der Waals surface area contributed by atoms with Gasteiger partial charge in [-0.2, -0.15) is 0 Å². The number of carbonyl (C=O) groups excluding carboxylic acids is 2. The van der Waals surface area contributed by atoms with E-state index in [0.29, 0.717) is 11.2 Å². The Morgan fingerprint density at radius 1 is 1.14 bits per heavy atom. The number of hydrogen-bond donors (Lipinski definition) is 1. The number of fused-ring (bicyclic) bond motifs is 1. The smallest absolute Gasteiger partial charge is 0.439 e. The van der Waals surface area contributed by atoms with Crippen molar-refractivity contribution >= 4 is 17.3 Å². The minimum atomic E-state index is -0.805. The van der Waals surface area contributed by atoms with Crippen molar-refractivity contribution < 1.29 is 23.5 Å². The fourth-order valence-electron chi connectivity index (χ4n) is 3.31. The van der Waals surface area contributed by atoms with E-state index in [1.165, 1.54) is 10.7 Å². The number of nitrogens with one attached hydrogen (secondary N) is 1. The van der Waals surface area contributed by atoms with Crippen molar-refractivity contribution in [1.82, 2.24) is 9.67 Å². The van der Waals surface area contributed by atoms with Gasteiger partial charge in [-0.05, 0) is 42.0 Å². The van der Waals surface area contributed by atoms with E-state index < -0.39 is 17.4 Å². The van der Waals surface area contributed by atoms with Crippen LogP contribution in [0.1, 0.15) is 39.2 Å². The number of aromatic amines is 1. The minimum absolute atomic E-state index is 0.165. The van der Waals surface area contributed by atoms with Gasteiger partial charge >= 0.3 is 17.3 Å². The van der Waals surface area contributed by atoms with E-state index in [9.17, 15) is 14.4 Å². The van der Waals surface area contributed by atoms with Gasteiger partial charge in [0.1, 0.15) is 5.69 Å². The number of carbonyl (C=O) groups is 2. The lowest BCUT2D eigenvalue weighted by molar-refractivity contribution is -0.672. The predicted octanol–water partition coefficient (Wildman–Crippen LogP) is 2.21. The van der Waals surface area contributed by atoms with E-state index >= 15 is 0 Å². The Bertz CT molecular complexity index is 1280. The van der Waals surface area contributed by atoms with Crippen molar-refractivity contribution in [3.8, 4) is 5.69 Å². The van der Waals surface area contributed by atoms with Crippen LogP contribution in [0.15, 0.2) is 63.9 Å². The van der Waals surface area contributed by atoms with Crippen molar-refractivity contribution in [3.63, 3.8) is 0 Å². The summed E-state index contributed by atoms with van der Waals surface area (Å²) in [4.78, 5) is 38.2. The van der Waals surface area contributed by atoms with Gasteiger partial charge < -0.3 is 9.14 Å². The third-order valence-corrected chi connectivity index (χ3v) is 4.59. The second-order valence-corrected chi connectivity index (χ2v) is 6.38. The third-order valence-electron chi connectivity index (χ3n) is 4.59. The number of benzene rings is 1. The Morgan fingerprint density at radius 3 is 2.62 bits per heavy atom. The summed E-state index contributed by atoms with van der Waals surface area (Å²) in [5.74, 6) is -1.12. The first-order valence-electron chi connectivity index (χ1n) is 9.04. The fourth-order valence-corrected chi connectivity index (χ4v) is 3.31. The summed E-state index contributed by atoms with van der Waals surface area (Å²) in [6, 6.07) is 15.6. The van der Waals surface area contributed by atoms with Gasteiger partial charge in [-0.25, -0.2) is 9.59 Å². The lowest BCUT2D eigenvalue weighted by atomic mass is 10.2. The van der Waals surface area contributed by atoms with Crippen LogP contribution in [0, 0.1) is 6.92 Å². The first kappa shape index (κ1) is 18.4. The SMILES string of the molecule is CCOC(=O)c1cc(C(=O)c2c(=O)o[nH][n+]2-c2ccccc2)n2c(C)cccc12. The molecule has 0 atom stereocenters. The molecule has 1 N–H and O–H groups in total. The molecule has 0 spiro atoms. The maximum absolute atomic E-state index is 13.4. The van der Waals surface area contributed by atoms with Gasteiger partial charge in [0.25, 0.3) is 5.78 Å². The lowest BCUT2D eigenvalue weighted by Gasteiger charge is -2.04. The van der Waals surface area contributed by atoms with Crippen molar-refractivity contribution in [3.05, 3.63) is 87.7 Å². The Morgan fingerprint density at radius 2 is 1.90 bits per heavy atom. The van der Waals surface area contributed by atoms with Gasteiger partial charge in [0, 0.05) is 17.8 Å². The number of aromatic nitrogens is 3. The van der Waals surface area contributed by atoms with Crippen LogP contribution >= 0.6 is 0 Å². The highest BCUT2D eigenvalue weighted by Gasteiger charge is 2.34. The van der Waals surface area contributed by atoms with Crippen molar-refractivity contribution in [1.29, 1.82) is 0 Å². The molecule has 1 aromatic carbocycles. The van der Waals surface area contributed by atoms with Crippen LogP contribution in [0.5, 0.6) is 0 Å². The number of pyridine rings is 1. The van der Waals surface area contributed by atoms with Gasteiger partial charge in [-0.15, -0.1) is 0 Å². The Hall–Kier alpha value is -3.94. The summed E-state index contributed by atoms with van der Waals surface area (Å²) >= 11 is 0. The van der Waals surface area contributed by atoms with E-state index in [4.69, 9.17) is 9.26 Å². The second-order valence-electron chi connectivity index (χ2n) is 6.38. The molecule has 0 radical (unpaired) electrons. The van der Waals surface area contributed by atoms with Crippen LogP contribution in [-0.4, -0.2) is 28.0 Å². The summed E-state index contributed by atoms with van der Waals surface area (Å²) in [6.45, 7) is 3.73. The second kappa shape index (κ2) is 7.23. The minimum Gasteiger partial charge on any atom is -0.462 e. The largest absolute Gasteiger partial charge is 0.462 e. The fraction of sp³-hybridized carbons (Fsp3) is 0.143. The number of nitrogens with zero attached hydrogens (tertiary/aromatic N) is 2. The molecule has 0 saturated heterocycles. The van der Waals surface area contributed by atoms with Crippen molar-refractivity contribution in [2.24, 2.45) is 0 Å². The number of esters is 1. The number of hydrogen-bond acceptors (Lipinski definition) is 5. The number of para-hydroxylation sites is 1. The number of rotatable bonds is 5. The standard InChI is InChI=1S/C21H17N3O5/c1-3-28-20(26)15-12-17(23-13(2)8-7-11-16(15)23)19(25)18-21(27)29-22-24(18)14-9-5-4-6-10-14/h4-12H,3H2,1-2H3/p+1. The molecule has 8 nitrogen and oxygen atoms in total. The van der Waals surface area contributed by atoms with Gasteiger partial charge in [-0.1, -0.05) is 24.3 Å². The van der Waals surface area contributed by atoms with Gasteiger partial charge in [-0.3, -0.25) is 9.32 Å². The van der Waals surface area contributed by atoms with E-state index in [2.05, 4.69) is 5.27 Å². The Labute approximate surface area is 164 Å². The summed E-state index contributed by atoms with van der Waals surface area (Å²) in [6.07, 6.45) is 0. The highest BCUT2D eigenvalue weighted by atomic mass is 16.5. The maximum Gasteiger partial charge on any atom is 0.439 e. The topological polar surface area (TPSA) is 97.7 Å². The molecule has 3 aromatic heterocycles. The zero-order valence-electron chi connectivity index (χ0n) is 15.8. The molecule has 0 bridgehead atoms. The molecule has 29 heavy (non-hydrogen) atoms.